The fourth-order valence-electron chi connectivity index (χ4n) is 1.61. The molecule has 1 aromatic carbocycles. The molecule has 4 amide bonds. The maximum Gasteiger partial charge on any atom is 0.321 e. The van der Waals surface area contributed by atoms with Gasteiger partial charge in [-0.3, -0.25) is 19.8 Å². The minimum atomic E-state index is -0.685. The summed E-state index contributed by atoms with van der Waals surface area (Å²) in [5.74, 6) is -1.38. The number of anilines is 1. The minimum absolute atomic E-state index is 0.0845. The Labute approximate surface area is 127 Å². The lowest BCUT2D eigenvalue weighted by Gasteiger charge is -2.22. The van der Waals surface area contributed by atoms with Crippen LogP contribution in [0.2, 0.25) is 0 Å². The van der Waals surface area contributed by atoms with Crippen molar-refractivity contribution in [2.45, 2.75) is 13.0 Å². The van der Waals surface area contributed by atoms with Gasteiger partial charge in [0.15, 0.2) is 0 Å². The van der Waals surface area contributed by atoms with E-state index in [2.05, 4.69) is 16.0 Å². The van der Waals surface area contributed by atoms with Crippen molar-refractivity contribution in [1.29, 1.82) is 0 Å². The van der Waals surface area contributed by atoms with Gasteiger partial charge in [-0.1, -0.05) is 6.07 Å². The number of hydrogen-bond acceptors (Lipinski definition) is 4. The second-order valence-electron chi connectivity index (χ2n) is 4.72. The van der Waals surface area contributed by atoms with Crippen molar-refractivity contribution in [2.75, 3.05) is 26.0 Å². The maximum absolute atomic E-state index is 13.0. The molecule has 120 valence electrons. The van der Waals surface area contributed by atoms with Gasteiger partial charge in [0.25, 0.3) is 0 Å². The van der Waals surface area contributed by atoms with Gasteiger partial charge in [0.05, 0.1) is 12.6 Å². The molecule has 0 radical (unpaired) electrons. The van der Waals surface area contributed by atoms with Crippen molar-refractivity contribution in [1.82, 2.24) is 15.5 Å². The average molecular weight is 310 g/mol. The number of hydrogen-bond donors (Lipinski definition) is 3. The monoisotopic (exact) mass is 310 g/mol. The molecule has 0 fully saturated rings. The Morgan fingerprint density at radius 1 is 1.32 bits per heavy atom. The van der Waals surface area contributed by atoms with Crippen LogP contribution in [-0.2, 0) is 9.59 Å². The number of rotatable bonds is 5. The molecule has 0 saturated heterocycles. The molecule has 1 aromatic rings. The third-order valence-corrected chi connectivity index (χ3v) is 3.01. The highest BCUT2D eigenvalue weighted by atomic mass is 19.1. The molecule has 3 N–H and O–H groups in total. The van der Waals surface area contributed by atoms with E-state index in [0.717, 1.165) is 0 Å². The lowest BCUT2D eigenvalue weighted by Crippen LogP contribution is -2.49. The molecule has 0 bridgehead atoms. The number of halogens is 1. The Bertz CT molecular complexity index is 565. The zero-order valence-corrected chi connectivity index (χ0v) is 12.6. The first-order valence-electron chi connectivity index (χ1n) is 6.61. The normalized spacial score (nSPS) is 11.7. The third kappa shape index (κ3) is 5.49. The summed E-state index contributed by atoms with van der Waals surface area (Å²) in [6.07, 6.45) is 0. The van der Waals surface area contributed by atoms with E-state index in [1.54, 1.807) is 20.0 Å². The van der Waals surface area contributed by atoms with Gasteiger partial charge in [-0.15, -0.1) is 0 Å². The van der Waals surface area contributed by atoms with E-state index in [1.807, 2.05) is 0 Å². The molecule has 0 saturated carbocycles. The van der Waals surface area contributed by atoms with Gasteiger partial charge in [-0.25, -0.2) is 9.18 Å². The summed E-state index contributed by atoms with van der Waals surface area (Å²) in [6, 6.07) is 4.20. The predicted molar refractivity (Wildman–Crippen MR) is 79.7 cm³/mol. The van der Waals surface area contributed by atoms with Gasteiger partial charge in [0.1, 0.15) is 5.82 Å². The van der Waals surface area contributed by atoms with Gasteiger partial charge in [0, 0.05) is 12.7 Å². The first-order chi connectivity index (χ1) is 10.3. The Morgan fingerprint density at radius 3 is 2.59 bits per heavy atom. The van der Waals surface area contributed by atoms with Crippen molar-refractivity contribution in [2.24, 2.45) is 0 Å². The molecule has 7 nitrogen and oxygen atoms in total. The summed E-state index contributed by atoms with van der Waals surface area (Å²) in [5.41, 5.74) is 0.334. The first kappa shape index (κ1) is 17.6. The quantitative estimate of drug-likeness (QED) is 0.740. The van der Waals surface area contributed by atoms with Gasteiger partial charge in [-0.05, 0) is 32.2 Å². The third-order valence-electron chi connectivity index (χ3n) is 3.01. The summed E-state index contributed by atoms with van der Waals surface area (Å²) < 4.78 is 13.0. The Morgan fingerprint density at radius 2 is 2.00 bits per heavy atom. The van der Waals surface area contributed by atoms with E-state index < -0.39 is 29.7 Å². The smallest absolute Gasteiger partial charge is 0.321 e. The highest BCUT2D eigenvalue weighted by molar-refractivity contribution is 5.97. The van der Waals surface area contributed by atoms with Gasteiger partial charge < -0.3 is 10.6 Å². The molecule has 0 unspecified atom stereocenters. The molecule has 0 aliphatic heterocycles. The Hall–Kier alpha value is -2.48. The largest absolute Gasteiger partial charge is 0.341 e. The number of nitrogens with one attached hydrogen (secondary N) is 3. The molecule has 1 rings (SSSR count). The topological polar surface area (TPSA) is 90.5 Å². The second-order valence-corrected chi connectivity index (χ2v) is 4.72. The Balaban J connectivity index is 2.52. The molecule has 0 aliphatic rings. The van der Waals surface area contributed by atoms with E-state index in [9.17, 15) is 18.8 Å². The van der Waals surface area contributed by atoms with Crippen LogP contribution in [-0.4, -0.2) is 49.4 Å². The van der Waals surface area contributed by atoms with Crippen LogP contribution in [0.5, 0.6) is 0 Å². The number of carbonyl (C=O) groups is 3. The van der Waals surface area contributed by atoms with Crippen LogP contribution < -0.4 is 16.0 Å². The van der Waals surface area contributed by atoms with Crippen molar-refractivity contribution in [3.63, 3.8) is 0 Å². The number of likely N-dealkylation sites (N-methyl/N-ethyl adjacent to an activating group) is 1. The highest BCUT2D eigenvalue weighted by Gasteiger charge is 2.21. The molecule has 8 heteroatoms. The predicted octanol–water partition coefficient (Wildman–Crippen LogP) is 0.540. The average Bonchev–Trinajstić information content (AvgIpc) is 2.45. The van der Waals surface area contributed by atoms with Crippen molar-refractivity contribution >= 4 is 23.5 Å². The van der Waals surface area contributed by atoms with Crippen LogP contribution in [0.3, 0.4) is 0 Å². The zero-order chi connectivity index (χ0) is 16.7. The summed E-state index contributed by atoms with van der Waals surface area (Å²) in [6.45, 7) is 1.48. The van der Waals surface area contributed by atoms with Crippen LogP contribution in [0.25, 0.3) is 0 Å². The molecule has 0 aliphatic carbocycles. The SMILES string of the molecule is CNC(=O)NC(=O)[C@@H](C)N(C)CC(=O)Nc1cccc(F)c1. The zero-order valence-electron chi connectivity index (χ0n) is 12.6. The van der Waals surface area contributed by atoms with E-state index in [-0.39, 0.29) is 6.54 Å². The highest BCUT2D eigenvalue weighted by Crippen LogP contribution is 2.09. The molecule has 0 spiro atoms. The van der Waals surface area contributed by atoms with Crippen LogP contribution >= 0.6 is 0 Å². The molecule has 0 aromatic heterocycles. The number of carbonyl (C=O) groups excluding carboxylic acids is 3. The van der Waals surface area contributed by atoms with E-state index in [4.69, 9.17) is 0 Å². The van der Waals surface area contributed by atoms with Crippen molar-refractivity contribution < 1.29 is 18.8 Å². The maximum atomic E-state index is 13.0. The number of amides is 4. The number of nitrogens with zero attached hydrogens (tertiary/aromatic N) is 1. The number of benzene rings is 1. The molecule has 22 heavy (non-hydrogen) atoms. The lowest BCUT2D eigenvalue weighted by atomic mass is 10.2. The van der Waals surface area contributed by atoms with Crippen LogP contribution in [0.1, 0.15) is 6.92 Å². The van der Waals surface area contributed by atoms with Crippen LogP contribution in [0, 0.1) is 5.82 Å². The van der Waals surface area contributed by atoms with E-state index in [1.165, 1.54) is 30.1 Å². The first-order valence-corrected chi connectivity index (χ1v) is 6.61. The minimum Gasteiger partial charge on any atom is -0.341 e. The fourth-order valence-corrected chi connectivity index (χ4v) is 1.61. The Kier molecular flexibility index (Phi) is 6.46. The van der Waals surface area contributed by atoms with Crippen LogP contribution in [0.15, 0.2) is 24.3 Å². The molecule has 1 atom stereocenters. The summed E-state index contributed by atoms with van der Waals surface area (Å²) in [7, 11) is 2.96. The molecular weight excluding hydrogens is 291 g/mol. The van der Waals surface area contributed by atoms with Crippen LogP contribution in [0.4, 0.5) is 14.9 Å². The summed E-state index contributed by atoms with van der Waals surface area (Å²) in [5, 5.41) is 6.92. The number of imide groups is 1. The van der Waals surface area contributed by atoms with Crippen molar-refractivity contribution in [3.8, 4) is 0 Å². The standard InChI is InChI=1S/C14H19FN4O3/c1-9(13(21)18-14(22)16-2)19(3)8-12(20)17-11-6-4-5-10(15)7-11/h4-7,9H,8H2,1-3H3,(H,17,20)(H2,16,18,21,22)/t9-/m1/s1. The van der Waals surface area contributed by atoms with Gasteiger partial charge in [0.2, 0.25) is 11.8 Å². The summed E-state index contributed by atoms with van der Waals surface area (Å²) in [4.78, 5) is 36.1. The van der Waals surface area contributed by atoms with Crippen molar-refractivity contribution in [3.05, 3.63) is 30.1 Å². The summed E-state index contributed by atoms with van der Waals surface area (Å²) >= 11 is 0. The van der Waals surface area contributed by atoms with Gasteiger partial charge >= 0.3 is 6.03 Å². The van der Waals surface area contributed by atoms with E-state index in [0.29, 0.717) is 5.69 Å². The van der Waals surface area contributed by atoms with Gasteiger partial charge in [-0.2, -0.15) is 0 Å². The second kappa shape index (κ2) is 8.08. The number of urea groups is 1. The molecular formula is C14H19FN4O3. The lowest BCUT2D eigenvalue weighted by molar-refractivity contribution is -0.125. The molecule has 0 heterocycles. The fraction of sp³-hybridized carbons (Fsp3) is 0.357. The van der Waals surface area contributed by atoms with E-state index >= 15 is 0 Å².